The third-order valence-electron chi connectivity index (χ3n) is 2.37. The lowest BCUT2D eigenvalue weighted by Gasteiger charge is -2.42. The molecule has 1 spiro atoms. The molecule has 0 aromatic rings. The molecule has 0 aromatic heterocycles. The summed E-state index contributed by atoms with van der Waals surface area (Å²) >= 11 is 0. The summed E-state index contributed by atoms with van der Waals surface area (Å²) in [6.45, 7) is 4.93. The fourth-order valence-corrected chi connectivity index (χ4v) is 1.49. The molecule has 64 valence electrons. The molecule has 2 aliphatic heterocycles. The summed E-state index contributed by atoms with van der Waals surface area (Å²) in [6, 6.07) is 0. The summed E-state index contributed by atoms with van der Waals surface area (Å²) in [5.74, 6) is 0. The zero-order valence-corrected chi connectivity index (χ0v) is 6.67. The van der Waals surface area contributed by atoms with Gasteiger partial charge >= 0.3 is 0 Å². The first-order valence-electron chi connectivity index (χ1n) is 4.15. The summed E-state index contributed by atoms with van der Waals surface area (Å²) in [7, 11) is 0. The third-order valence-corrected chi connectivity index (χ3v) is 2.37. The highest BCUT2D eigenvalue weighted by atomic mass is 16.5. The molecule has 0 amide bonds. The largest absolute Gasteiger partial charge is 0.380 e. The minimum Gasteiger partial charge on any atom is -0.380 e. The van der Waals surface area contributed by atoms with Gasteiger partial charge in [-0.25, -0.2) is 0 Å². The van der Waals surface area contributed by atoms with E-state index in [2.05, 4.69) is 0 Å². The first-order valence-corrected chi connectivity index (χ1v) is 4.15. The summed E-state index contributed by atoms with van der Waals surface area (Å²) in [6.07, 6.45) is 1.09. The van der Waals surface area contributed by atoms with E-state index in [9.17, 15) is 0 Å². The number of hydrogen-bond acceptors (Lipinski definition) is 3. The summed E-state index contributed by atoms with van der Waals surface area (Å²) in [4.78, 5) is 0. The lowest BCUT2D eigenvalue weighted by molar-refractivity contribution is -0.172. The molecular weight excluding hydrogens is 144 g/mol. The maximum atomic E-state index is 5.43. The summed E-state index contributed by atoms with van der Waals surface area (Å²) in [5, 5.41) is 0. The van der Waals surface area contributed by atoms with E-state index in [1.54, 1.807) is 0 Å². The van der Waals surface area contributed by atoms with Gasteiger partial charge in [0.15, 0.2) is 0 Å². The van der Waals surface area contributed by atoms with Crippen LogP contribution < -0.4 is 0 Å². The average molecular weight is 158 g/mol. The highest BCUT2D eigenvalue weighted by Crippen LogP contribution is 2.32. The number of rotatable bonds is 0. The predicted molar refractivity (Wildman–Crippen MR) is 39.5 cm³/mol. The van der Waals surface area contributed by atoms with Gasteiger partial charge in [-0.3, -0.25) is 0 Å². The van der Waals surface area contributed by atoms with E-state index in [0.29, 0.717) is 5.41 Å². The van der Waals surface area contributed by atoms with Crippen molar-refractivity contribution in [3.05, 3.63) is 0 Å². The minimum absolute atomic E-state index is 0.306. The van der Waals surface area contributed by atoms with Crippen LogP contribution in [-0.4, -0.2) is 39.6 Å². The molecule has 0 atom stereocenters. The van der Waals surface area contributed by atoms with Crippen LogP contribution in [0.3, 0.4) is 0 Å². The molecule has 2 heterocycles. The molecule has 0 unspecified atom stereocenters. The van der Waals surface area contributed by atoms with Gasteiger partial charge in [0.1, 0.15) is 0 Å². The molecule has 2 aliphatic rings. The second kappa shape index (κ2) is 3.09. The normalized spacial score (nSPS) is 30.5. The van der Waals surface area contributed by atoms with E-state index in [4.69, 9.17) is 14.2 Å². The Morgan fingerprint density at radius 2 is 1.45 bits per heavy atom. The van der Waals surface area contributed by atoms with Gasteiger partial charge in [-0.2, -0.15) is 0 Å². The third kappa shape index (κ3) is 1.55. The maximum absolute atomic E-state index is 5.43. The van der Waals surface area contributed by atoms with Gasteiger partial charge in [0.2, 0.25) is 0 Å². The van der Waals surface area contributed by atoms with Gasteiger partial charge in [0.25, 0.3) is 0 Å². The van der Waals surface area contributed by atoms with Gasteiger partial charge in [-0.15, -0.1) is 0 Å². The van der Waals surface area contributed by atoms with Crippen molar-refractivity contribution in [2.75, 3.05) is 39.6 Å². The molecule has 0 saturated carbocycles. The molecule has 11 heavy (non-hydrogen) atoms. The van der Waals surface area contributed by atoms with E-state index in [-0.39, 0.29) is 0 Å². The van der Waals surface area contributed by atoms with Crippen molar-refractivity contribution in [1.29, 1.82) is 0 Å². The Hall–Kier alpha value is -0.120. The van der Waals surface area contributed by atoms with Crippen molar-refractivity contribution >= 4 is 0 Å². The lowest BCUT2D eigenvalue weighted by Crippen LogP contribution is -2.48. The van der Waals surface area contributed by atoms with Crippen LogP contribution in [0, 0.1) is 5.41 Å². The van der Waals surface area contributed by atoms with Crippen molar-refractivity contribution in [1.82, 2.24) is 0 Å². The van der Waals surface area contributed by atoms with Crippen LogP contribution >= 0.6 is 0 Å². The molecule has 0 aromatic carbocycles. The quantitative estimate of drug-likeness (QED) is 0.512. The van der Waals surface area contributed by atoms with E-state index in [1.807, 2.05) is 0 Å². The molecule has 0 radical (unpaired) electrons. The van der Waals surface area contributed by atoms with Gasteiger partial charge in [-0.1, -0.05) is 0 Å². The topological polar surface area (TPSA) is 27.7 Å². The van der Waals surface area contributed by atoms with E-state index < -0.39 is 0 Å². The van der Waals surface area contributed by atoms with Gasteiger partial charge in [0, 0.05) is 12.0 Å². The average Bonchev–Trinajstić information content (AvgIpc) is 1.82. The molecule has 3 heteroatoms. The minimum atomic E-state index is 0.306. The Bertz CT molecular complexity index is 121. The summed E-state index contributed by atoms with van der Waals surface area (Å²) < 4.78 is 15.9. The molecule has 2 fully saturated rings. The smallest absolute Gasteiger partial charge is 0.0700 e. The molecule has 3 nitrogen and oxygen atoms in total. The Morgan fingerprint density at radius 1 is 0.727 bits per heavy atom. The highest BCUT2D eigenvalue weighted by Gasteiger charge is 2.38. The number of ether oxygens (including phenoxy) is 3. The number of hydrogen-bond donors (Lipinski definition) is 0. The van der Waals surface area contributed by atoms with Crippen molar-refractivity contribution in [3.63, 3.8) is 0 Å². The second-order valence-electron chi connectivity index (χ2n) is 3.41. The zero-order valence-electron chi connectivity index (χ0n) is 6.67. The molecule has 2 saturated heterocycles. The van der Waals surface area contributed by atoms with Gasteiger partial charge < -0.3 is 14.2 Å². The van der Waals surface area contributed by atoms with Crippen molar-refractivity contribution in [2.45, 2.75) is 6.42 Å². The molecule has 0 aliphatic carbocycles. The SMILES string of the molecule is C1COCC2(CCO1)COC2. The fourth-order valence-electron chi connectivity index (χ4n) is 1.49. The molecule has 0 bridgehead atoms. The van der Waals surface area contributed by atoms with Crippen LogP contribution in [0.1, 0.15) is 6.42 Å². The van der Waals surface area contributed by atoms with Crippen LogP contribution in [0.4, 0.5) is 0 Å². The standard InChI is InChI=1S/C8H14O3/c1-2-9-3-4-10-5-8(1)6-11-7-8/h1-7H2. The first kappa shape index (κ1) is 7.53. The monoisotopic (exact) mass is 158 g/mol. The highest BCUT2D eigenvalue weighted by molar-refractivity contribution is 4.85. The van der Waals surface area contributed by atoms with Crippen LogP contribution in [0.2, 0.25) is 0 Å². The lowest BCUT2D eigenvalue weighted by atomic mass is 9.83. The zero-order chi connectivity index (χ0) is 7.57. The van der Waals surface area contributed by atoms with E-state index >= 15 is 0 Å². The van der Waals surface area contributed by atoms with Crippen LogP contribution in [0.5, 0.6) is 0 Å². The van der Waals surface area contributed by atoms with Gasteiger partial charge in [0.05, 0.1) is 33.0 Å². The van der Waals surface area contributed by atoms with E-state index in [1.165, 1.54) is 0 Å². The Kier molecular flexibility index (Phi) is 2.11. The Balaban J connectivity index is 1.86. The van der Waals surface area contributed by atoms with Crippen LogP contribution in [0.15, 0.2) is 0 Å². The van der Waals surface area contributed by atoms with Crippen molar-refractivity contribution in [3.8, 4) is 0 Å². The Labute approximate surface area is 66.6 Å². The Morgan fingerprint density at radius 3 is 2.18 bits per heavy atom. The molecular formula is C8H14O3. The first-order chi connectivity index (χ1) is 5.41. The predicted octanol–water partition coefficient (Wildman–Crippen LogP) is 0.440. The van der Waals surface area contributed by atoms with Crippen molar-refractivity contribution < 1.29 is 14.2 Å². The molecule has 0 N–H and O–H groups in total. The van der Waals surface area contributed by atoms with Crippen molar-refractivity contribution in [2.24, 2.45) is 5.41 Å². The fraction of sp³-hybridized carbons (Fsp3) is 1.00. The van der Waals surface area contributed by atoms with Crippen LogP contribution in [0.25, 0.3) is 0 Å². The summed E-state index contributed by atoms with van der Waals surface area (Å²) in [5.41, 5.74) is 0.306. The molecule has 2 rings (SSSR count). The second-order valence-corrected chi connectivity index (χ2v) is 3.41. The van der Waals surface area contributed by atoms with E-state index in [0.717, 1.165) is 46.1 Å². The van der Waals surface area contributed by atoms with Crippen LogP contribution in [-0.2, 0) is 14.2 Å². The van der Waals surface area contributed by atoms with Gasteiger partial charge in [-0.05, 0) is 6.42 Å². The maximum Gasteiger partial charge on any atom is 0.0700 e.